The number of benzene rings is 4. The van der Waals surface area contributed by atoms with Gasteiger partial charge in [0.2, 0.25) is 11.0 Å². The summed E-state index contributed by atoms with van der Waals surface area (Å²) in [5.41, 5.74) is 7.99. The molecule has 0 aliphatic rings. The number of fused-ring (bicyclic) bond motifs is 2. The molecule has 0 unspecified atom stereocenters. The van der Waals surface area contributed by atoms with Gasteiger partial charge in [0.15, 0.2) is 12.4 Å². The van der Waals surface area contributed by atoms with Crippen molar-refractivity contribution in [3.05, 3.63) is 145 Å². The van der Waals surface area contributed by atoms with Crippen molar-refractivity contribution in [2.24, 2.45) is 0 Å². The molecule has 0 fully saturated rings. The maximum atomic E-state index is 2.37. The Kier molecular flexibility index (Phi) is 10.6. The molecule has 0 bridgehead atoms. The minimum Gasteiger partial charge on any atom is -1.00 e. The Hall–Kier alpha value is -3.34. The molecular formula is C36H34Br2N2. The van der Waals surface area contributed by atoms with Crippen molar-refractivity contribution in [1.29, 1.82) is 0 Å². The van der Waals surface area contributed by atoms with Crippen molar-refractivity contribution < 1.29 is 43.1 Å². The summed E-state index contributed by atoms with van der Waals surface area (Å²) in [6, 6.07) is 44.1. The summed E-state index contributed by atoms with van der Waals surface area (Å²) >= 11 is 0. The average Bonchev–Trinajstić information content (AvgIpc) is 2.98. The summed E-state index contributed by atoms with van der Waals surface area (Å²) in [6.07, 6.45) is 8.82. The quantitative estimate of drug-likeness (QED) is 0.209. The van der Waals surface area contributed by atoms with Crippen molar-refractivity contribution in [3.63, 3.8) is 0 Å². The van der Waals surface area contributed by atoms with Gasteiger partial charge in [0.05, 0.1) is 0 Å². The molecule has 6 aromatic rings. The highest BCUT2D eigenvalue weighted by atomic mass is 79.9. The number of rotatable bonds is 9. The largest absolute Gasteiger partial charge is 1.00 e. The van der Waals surface area contributed by atoms with Crippen LogP contribution in [0, 0.1) is 0 Å². The zero-order valence-corrected chi connectivity index (χ0v) is 25.8. The molecule has 6 rings (SSSR count). The van der Waals surface area contributed by atoms with Gasteiger partial charge < -0.3 is 34.0 Å². The lowest BCUT2D eigenvalue weighted by molar-refractivity contribution is -0.671. The minimum atomic E-state index is 0. The fourth-order valence-corrected chi connectivity index (χ4v) is 5.47. The molecule has 0 saturated carbocycles. The molecule has 0 amide bonds. The normalized spacial score (nSPS) is 10.7. The van der Waals surface area contributed by atoms with Gasteiger partial charge in [0, 0.05) is 47.9 Å². The summed E-state index contributed by atoms with van der Waals surface area (Å²) in [7, 11) is 0. The predicted octanol–water partition coefficient (Wildman–Crippen LogP) is 1.51. The van der Waals surface area contributed by atoms with E-state index in [0.717, 1.165) is 38.8 Å². The van der Waals surface area contributed by atoms with E-state index in [9.17, 15) is 0 Å². The lowest BCUT2D eigenvalue weighted by Crippen LogP contribution is -3.00. The Morgan fingerprint density at radius 2 is 0.775 bits per heavy atom. The van der Waals surface area contributed by atoms with E-state index in [0.29, 0.717) is 0 Å². The van der Waals surface area contributed by atoms with Gasteiger partial charge in [-0.1, -0.05) is 72.8 Å². The second kappa shape index (κ2) is 14.3. The van der Waals surface area contributed by atoms with Gasteiger partial charge in [-0.05, 0) is 59.4 Å². The van der Waals surface area contributed by atoms with Crippen molar-refractivity contribution >= 4 is 21.8 Å². The third kappa shape index (κ3) is 7.04. The molecule has 0 aliphatic heterocycles. The van der Waals surface area contributed by atoms with Crippen LogP contribution in [0.15, 0.2) is 134 Å². The van der Waals surface area contributed by atoms with Crippen LogP contribution < -0.4 is 43.1 Å². The fourth-order valence-electron chi connectivity index (χ4n) is 5.47. The van der Waals surface area contributed by atoms with Gasteiger partial charge in [-0.15, -0.1) is 0 Å². The number of nitrogens with zero attached hydrogens (tertiary/aromatic N) is 2. The van der Waals surface area contributed by atoms with E-state index >= 15 is 0 Å². The lowest BCUT2D eigenvalue weighted by atomic mass is 10.00. The number of halogens is 2. The predicted molar refractivity (Wildman–Crippen MR) is 157 cm³/mol. The van der Waals surface area contributed by atoms with E-state index in [1.165, 1.54) is 44.1 Å². The van der Waals surface area contributed by atoms with Gasteiger partial charge in [0.1, 0.15) is 13.1 Å². The molecule has 2 heterocycles. The minimum absolute atomic E-state index is 0. The Bertz CT molecular complexity index is 1520. The highest BCUT2D eigenvalue weighted by molar-refractivity contribution is 5.75. The van der Waals surface area contributed by atoms with Gasteiger partial charge in [-0.2, -0.15) is 9.13 Å². The maximum absolute atomic E-state index is 2.37. The highest BCUT2D eigenvalue weighted by Gasteiger charge is 2.09. The van der Waals surface area contributed by atoms with Gasteiger partial charge in [-0.3, -0.25) is 0 Å². The van der Waals surface area contributed by atoms with E-state index in [-0.39, 0.29) is 34.0 Å². The maximum Gasteiger partial charge on any atom is 0.212 e. The number of hydrogen-bond donors (Lipinski definition) is 0. The number of hydrogen-bond acceptors (Lipinski definition) is 0. The Labute approximate surface area is 258 Å². The van der Waals surface area contributed by atoms with Crippen molar-refractivity contribution in [3.8, 4) is 11.1 Å². The molecule has 0 radical (unpaired) electrons. The molecule has 2 aromatic heterocycles. The summed E-state index contributed by atoms with van der Waals surface area (Å²) in [5, 5.41) is 2.60. The van der Waals surface area contributed by atoms with Crippen LogP contribution in [0.1, 0.15) is 24.0 Å². The van der Waals surface area contributed by atoms with Gasteiger partial charge in [-0.25, -0.2) is 0 Å². The Morgan fingerprint density at radius 3 is 1.20 bits per heavy atom. The Morgan fingerprint density at radius 1 is 0.400 bits per heavy atom. The fraction of sp³-hybridized carbons (Fsp3) is 0.167. The van der Waals surface area contributed by atoms with E-state index in [1.54, 1.807) is 0 Å². The molecule has 40 heavy (non-hydrogen) atoms. The summed E-state index contributed by atoms with van der Waals surface area (Å²) in [6.45, 7) is 2.06. The average molecular weight is 654 g/mol. The third-order valence-electron chi connectivity index (χ3n) is 7.55. The van der Waals surface area contributed by atoms with Crippen molar-refractivity contribution in [2.45, 2.75) is 38.8 Å². The first-order chi connectivity index (χ1) is 18.8. The first-order valence-electron chi connectivity index (χ1n) is 13.8. The van der Waals surface area contributed by atoms with Gasteiger partial charge >= 0.3 is 0 Å². The standard InChI is InChI=1S/C36H34N2.2BrH/c1-3-15-35-33(11-1)13-7-27-37(35)25-5-9-29-17-21-31(22-18-29)32-23-19-30(20-24-32)10-6-26-38-28-8-14-34-12-2-4-16-36(34)38;;/h1-4,7-8,11-24,27-28H,5-6,9-10,25-26H2;2*1H/q+2;;/p-2. The number of aromatic nitrogens is 2. The van der Waals surface area contributed by atoms with Crippen LogP contribution in [-0.2, 0) is 25.9 Å². The smallest absolute Gasteiger partial charge is 0.212 e. The summed E-state index contributed by atoms with van der Waals surface area (Å²) < 4.78 is 4.73. The van der Waals surface area contributed by atoms with E-state index in [4.69, 9.17) is 0 Å². The molecule has 2 nitrogen and oxygen atoms in total. The monoisotopic (exact) mass is 652 g/mol. The van der Waals surface area contributed by atoms with E-state index in [2.05, 4.69) is 143 Å². The molecule has 0 saturated heterocycles. The van der Waals surface area contributed by atoms with E-state index in [1.807, 2.05) is 0 Å². The molecule has 0 atom stereocenters. The zero-order chi connectivity index (χ0) is 25.6. The second-order valence-corrected chi connectivity index (χ2v) is 10.1. The van der Waals surface area contributed by atoms with Crippen LogP contribution >= 0.6 is 0 Å². The second-order valence-electron chi connectivity index (χ2n) is 10.1. The van der Waals surface area contributed by atoms with Gasteiger partial charge in [0.25, 0.3) is 0 Å². The first kappa shape index (κ1) is 29.6. The SMILES string of the molecule is [Br-].[Br-].c1ccc2c(c1)ccc[n+]2CCCc1ccc(-c2ccc(CCC[n+]3cccc4ccccc43)cc2)cc1. The van der Waals surface area contributed by atoms with Crippen LogP contribution in [0.2, 0.25) is 0 Å². The summed E-state index contributed by atoms with van der Waals surface area (Å²) in [5.74, 6) is 0. The third-order valence-corrected chi connectivity index (χ3v) is 7.55. The van der Waals surface area contributed by atoms with Crippen molar-refractivity contribution in [2.75, 3.05) is 0 Å². The van der Waals surface area contributed by atoms with Crippen LogP contribution in [0.25, 0.3) is 32.9 Å². The van der Waals surface area contributed by atoms with Crippen LogP contribution in [0.5, 0.6) is 0 Å². The molecule has 0 spiro atoms. The zero-order valence-electron chi connectivity index (χ0n) is 22.6. The number of pyridine rings is 2. The Balaban J connectivity index is 0.00000185. The van der Waals surface area contributed by atoms with E-state index < -0.39 is 0 Å². The molecular weight excluding hydrogens is 620 g/mol. The topological polar surface area (TPSA) is 7.76 Å². The van der Waals surface area contributed by atoms with Crippen molar-refractivity contribution in [1.82, 2.24) is 0 Å². The lowest BCUT2D eigenvalue weighted by Gasteiger charge is -2.07. The highest BCUT2D eigenvalue weighted by Crippen LogP contribution is 2.21. The van der Waals surface area contributed by atoms with Crippen LogP contribution in [-0.4, -0.2) is 0 Å². The number of para-hydroxylation sites is 2. The molecule has 4 aromatic carbocycles. The molecule has 4 heteroatoms. The molecule has 0 N–H and O–H groups in total. The first-order valence-corrected chi connectivity index (χ1v) is 13.8. The number of aryl methyl sites for hydroxylation is 4. The van der Waals surface area contributed by atoms with Crippen LogP contribution in [0.4, 0.5) is 0 Å². The molecule has 0 aliphatic carbocycles. The molecule has 202 valence electrons. The van der Waals surface area contributed by atoms with Crippen LogP contribution in [0.3, 0.4) is 0 Å². The summed E-state index contributed by atoms with van der Waals surface area (Å²) in [4.78, 5) is 0.